The Morgan fingerprint density at radius 2 is 2.12 bits per heavy atom. The minimum absolute atomic E-state index is 0.366. The first-order valence-corrected chi connectivity index (χ1v) is 4.99. The van der Waals surface area contributed by atoms with Gasteiger partial charge in [-0.15, -0.1) is 0 Å². The van der Waals surface area contributed by atoms with Crippen LogP contribution >= 0.6 is 0 Å². The highest BCUT2D eigenvalue weighted by atomic mass is 16.5. The van der Waals surface area contributed by atoms with E-state index in [-0.39, 0.29) is 5.97 Å². The van der Waals surface area contributed by atoms with Gasteiger partial charge < -0.3 is 4.74 Å². The van der Waals surface area contributed by atoms with E-state index < -0.39 is 5.54 Å². The highest BCUT2D eigenvalue weighted by Gasteiger charge is 2.41. The van der Waals surface area contributed by atoms with Gasteiger partial charge in [0.2, 0.25) is 0 Å². The summed E-state index contributed by atoms with van der Waals surface area (Å²) >= 11 is 0. The van der Waals surface area contributed by atoms with E-state index in [9.17, 15) is 4.79 Å². The average molecular weight is 219 g/mol. The Hall–Kier alpha value is -1.91. The fourth-order valence-electron chi connectivity index (χ4n) is 1.58. The van der Waals surface area contributed by atoms with Crippen LogP contribution in [0.3, 0.4) is 0 Å². The normalized spacial score (nSPS) is 23.5. The van der Waals surface area contributed by atoms with Gasteiger partial charge in [0.1, 0.15) is 0 Å². The second kappa shape index (κ2) is 3.92. The van der Waals surface area contributed by atoms with Crippen LogP contribution in [-0.4, -0.2) is 25.2 Å². The maximum atomic E-state index is 11.5. The number of methoxy groups -OCH3 is 1. The largest absolute Gasteiger partial charge is 0.467 e. The minimum Gasteiger partial charge on any atom is -0.467 e. The third kappa shape index (κ3) is 1.76. The molecule has 0 fully saturated rings. The van der Waals surface area contributed by atoms with Crippen molar-refractivity contribution in [3.63, 3.8) is 0 Å². The van der Waals surface area contributed by atoms with Crippen LogP contribution in [0.2, 0.25) is 0 Å². The first-order valence-electron chi connectivity index (χ1n) is 4.99. The van der Waals surface area contributed by atoms with E-state index in [0.717, 1.165) is 5.69 Å². The average Bonchev–Trinajstić information content (AvgIpc) is 2.73. The summed E-state index contributed by atoms with van der Waals surface area (Å²) in [4.78, 5) is 11.5. The predicted octanol–water partition coefficient (Wildman–Crippen LogP) is 1.81. The molecular formula is C11H13N3O2. The fraction of sp³-hybridized carbons (Fsp3) is 0.364. The molecular weight excluding hydrogens is 206 g/mol. The van der Waals surface area contributed by atoms with Crippen LogP contribution in [0.5, 0.6) is 0 Å². The molecule has 0 saturated heterocycles. The predicted molar refractivity (Wildman–Crippen MR) is 59.1 cm³/mol. The van der Waals surface area contributed by atoms with Gasteiger partial charge in [-0.3, -0.25) is 0 Å². The van der Waals surface area contributed by atoms with Crippen LogP contribution in [0.25, 0.3) is 0 Å². The van der Waals surface area contributed by atoms with E-state index in [1.165, 1.54) is 7.11 Å². The number of ether oxygens (including phenoxy) is 1. The van der Waals surface area contributed by atoms with Crippen molar-refractivity contribution in [3.8, 4) is 0 Å². The molecule has 1 aliphatic rings. The summed E-state index contributed by atoms with van der Waals surface area (Å²) in [7, 11) is 1.36. The number of hydrogen-bond acceptors (Lipinski definition) is 5. The maximum absolute atomic E-state index is 11.5. The van der Waals surface area contributed by atoms with Crippen molar-refractivity contribution in [1.82, 2.24) is 0 Å². The van der Waals surface area contributed by atoms with Crippen LogP contribution < -0.4 is 5.01 Å². The zero-order valence-corrected chi connectivity index (χ0v) is 9.25. The van der Waals surface area contributed by atoms with Crippen molar-refractivity contribution in [2.75, 3.05) is 18.7 Å². The molecule has 1 aliphatic heterocycles. The molecule has 0 saturated carbocycles. The molecule has 1 heterocycles. The number of carbonyl (C=O) groups excluding carboxylic acids is 1. The number of rotatable bonds is 2. The third-order valence-corrected chi connectivity index (χ3v) is 2.51. The third-order valence-electron chi connectivity index (χ3n) is 2.51. The number of benzene rings is 1. The number of esters is 1. The molecule has 84 valence electrons. The molecule has 0 bridgehead atoms. The topological polar surface area (TPSA) is 54.3 Å². The Morgan fingerprint density at radius 3 is 2.75 bits per heavy atom. The highest BCUT2D eigenvalue weighted by molar-refractivity contribution is 5.81. The molecule has 5 heteroatoms. The minimum atomic E-state index is -0.898. The van der Waals surface area contributed by atoms with Crippen LogP contribution in [-0.2, 0) is 9.53 Å². The summed E-state index contributed by atoms with van der Waals surface area (Å²) in [5.74, 6) is -0.366. The number of nitrogens with zero attached hydrogens (tertiary/aromatic N) is 3. The van der Waals surface area contributed by atoms with Gasteiger partial charge in [0.15, 0.2) is 5.54 Å². The molecule has 1 aromatic carbocycles. The van der Waals surface area contributed by atoms with Gasteiger partial charge in [0.05, 0.1) is 19.3 Å². The van der Waals surface area contributed by atoms with Crippen molar-refractivity contribution in [2.45, 2.75) is 12.5 Å². The first-order chi connectivity index (χ1) is 7.65. The van der Waals surface area contributed by atoms with Crippen LogP contribution in [0.1, 0.15) is 6.92 Å². The van der Waals surface area contributed by atoms with Gasteiger partial charge in [-0.05, 0) is 19.1 Å². The Morgan fingerprint density at radius 1 is 1.44 bits per heavy atom. The lowest BCUT2D eigenvalue weighted by molar-refractivity contribution is -0.145. The van der Waals surface area contributed by atoms with Crippen LogP contribution in [0.4, 0.5) is 5.69 Å². The van der Waals surface area contributed by atoms with E-state index >= 15 is 0 Å². The molecule has 0 aliphatic carbocycles. The van der Waals surface area contributed by atoms with Gasteiger partial charge in [-0.2, -0.15) is 5.11 Å². The van der Waals surface area contributed by atoms with Crippen LogP contribution in [0, 0.1) is 0 Å². The fourth-order valence-corrected chi connectivity index (χ4v) is 1.58. The van der Waals surface area contributed by atoms with E-state index in [4.69, 9.17) is 4.74 Å². The molecule has 0 spiro atoms. The molecule has 0 amide bonds. The van der Waals surface area contributed by atoms with E-state index in [1.54, 1.807) is 11.9 Å². The van der Waals surface area contributed by atoms with E-state index in [1.807, 2.05) is 30.3 Å². The summed E-state index contributed by atoms with van der Waals surface area (Å²) in [5, 5.41) is 9.65. The van der Waals surface area contributed by atoms with Gasteiger partial charge in [-0.25, -0.2) is 9.80 Å². The monoisotopic (exact) mass is 219 g/mol. The highest BCUT2D eigenvalue weighted by Crippen LogP contribution is 2.26. The second-order valence-electron chi connectivity index (χ2n) is 3.85. The number of carbonyl (C=O) groups is 1. The summed E-state index contributed by atoms with van der Waals surface area (Å²) in [6.45, 7) is 2.12. The Kier molecular flexibility index (Phi) is 2.60. The van der Waals surface area contributed by atoms with Crippen LogP contribution in [0.15, 0.2) is 40.7 Å². The van der Waals surface area contributed by atoms with Crippen molar-refractivity contribution >= 4 is 11.7 Å². The molecule has 0 radical (unpaired) electrons. The lowest BCUT2D eigenvalue weighted by Gasteiger charge is -2.18. The lowest BCUT2D eigenvalue weighted by Crippen LogP contribution is -2.39. The zero-order chi connectivity index (χ0) is 11.6. The molecule has 16 heavy (non-hydrogen) atoms. The van der Waals surface area contributed by atoms with Crippen molar-refractivity contribution in [2.24, 2.45) is 10.3 Å². The summed E-state index contributed by atoms with van der Waals surface area (Å²) in [5.41, 5.74) is 0.0174. The summed E-state index contributed by atoms with van der Waals surface area (Å²) in [6.07, 6.45) is 0. The number of hydrogen-bond donors (Lipinski definition) is 0. The zero-order valence-electron chi connectivity index (χ0n) is 9.25. The standard InChI is InChI=1S/C11H13N3O2/c1-11(10(15)16-2)8-14(13-12-11)9-6-4-3-5-7-9/h3-7H,8H2,1-2H3. The lowest BCUT2D eigenvalue weighted by atomic mass is 10.0. The summed E-state index contributed by atoms with van der Waals surface area (Å²) in [6, 6.07) is 9.59. The number of anilines is 1. The van der Waals surface area contributed by atoms with Gasteiger partial charge in [0.25, 0.3) is 0 Å². The number of para-hydroxylation sites is 1. The Balaban J connectivity index is 2.16. The molecule has 1 unspecified atom stereocenters. The maximum Gasteiger partial charge on any atom is 0.337 e. The van der Waals surface area contributed by atoms with E-state index in [2.05, 4.69) is 10.3 Å². The Labute approximate surface area is 93.7 Å². The molecule has 0 N–H and O–H groups in total. The quantitative estimate of drug-likeness (QED) is 0.713. The van der Waals surface area contributed by atoms with E-state index in [0.29, 0.717) is 6.54 Å². The first kappa shape index (κ1) is 10.6. The second-order valence-corrected chi connectivity index (χ2v) is 3.85. The SMILES string of the molecule is COC(=O)C1(C)CN(c2ccccc2)N=N1. The molecule has 5 nitrogen and oxygen atoms in total. The molecule has 0 aromatic heterocycles. The smallest absolute Gasteiger partial charge is 0.337 e. The van der Waals surface area contributed by atoms with Crippen molar-refractivity contribution < 1.29 is 9.53 Å². The Bertz CT molecular complexity index is 418. The summed E-state index contributed by atoms with van der Waals surface area (Å²) < 4.78 is 4.70. The molecule has 2 rings (SSSR count). The van der Waals surface area contributed by atoms with Gasteiger partial charge in [-0.1, -0.05) is 23.4 Å². The van der Waals surface area contributed by atoms with Gasteiger partial charge >= 0.3 is 5.97 Å². The molecule has 1 atom stereocenters. The van der Waals surface area contributed by atoms with Crippen molar-refractivity contribution in [3.05, 3.63) is 30.3 Å². The van der Waals surface area contributed by atoms with Gasteiger partial charge in [0, 0.05) is 0 Å². The van der Waals surface area contributed by atoms with Crippen molar-refractivity contribution in [1.29, 1.82) is 0 Å². The molecule has 1 aromatic rings.